The van der Waals surface area contributed by atoms with Gasteiger partial charge in [0.25, 0.3) is 0 Å². The van der Waals surface area contributed by atoms with Gasteiger partial charge in [0.15, 0.2) is 0 Å². The van der Waals surface area contributed by atoms with Gasteiger partial charge in [-0.2, -0.15) is 0 Å². The summed E-state index contributed by atoms with van der Waals surface area (Å²) in [5, 5.41) is 5.03. The lowest BCUT2D eigenvalue weighted by atomic mass is 10.1. The third-order valence-corrected chi connectivity index (χ3v) is 5.59. The molecule has 0 spiro atoms. The van der Waals surface area contributed by atoms with Crippen LogP contribution in [0.5, 0.6) is 0 Å². The van der Waals surface area contributed by atoms with E-state index in [9.17, 15) is 14.3 Å². The molecule has 0 bridgehead atoms. The number of phosphoric acid groups is 1. The van der Waals surface area contributed by atoms with Crippen molar-refractivity contribution < 1.29 is 32.8 Å². The molecule has 1 saturated carbocycles. The quantitative estimate of drug-likeness (QED) is 0.233. The molecule has 2 unspecified atom stereocenters. The number of carbonyl (C=O) groups is 1. The average Bonchev–Trinajstić information content (AvgIpc) is 3.26. The van der Waals surface area contributed by atoms with E-state index in [0.717, 1.165) is 7.11 Å². The fourth-order valence-electron chi connectivity index (χ4n) is 3.14. The summed E-state index contributed by atoms with van der Waals surface area (Å²) >= 11 is 0. The number of hydrogen-bond acceptors (Lipinski definition) is 6. The monoisotopic (exact) mass is 566 g/mol. The van der Waals surface area contributed by atoms with Crippen LogP contribution in [-0.4, -0.2) is 57.1 Å². The third kappa shape index (κ3) is 15.2. The predicted octanol–water partition coefficient (Wildman–Crippen LogP) is 0.479. The molecule has 1 aliphatic carbocycles. The molecule has 204 valence electrons. The lowest BCUT2D eigenvalue weighted by molar-refractivity contribution is -0.0286. The summed E-state index contributed by atoms with van der Waals surface area (Å²) in [7, 11) is -0.352. The minimum absolute atomic E-state index is 0.216. The van der Waals surface area contributed by atoms with Gasteiger partial charge in [0, 0.05) is 92.5 Å². The van der Waals surface area contributed by atoms with Crippen LogP contribution in [0.15, 0.2) is 0 Å². The summed E-state index contributed by atoms with van der Waals surface area (Å²) in [6.45, 7) is 1.90. The second-order valence-electron chi connectivity index (χ2n) is 7.20. The molecule has 0 heterocycles. The molecule has 10 heteroatoms. The Hall–Kier alpha value is -5.10. The molecule has 2 amide bonds. The number of amides is 2. The Morgan fingerprint density at radius 1 is 0.780 bits per heavy atom. The first-order valence-electron chi connectivity index (χ1n) is 11.5. The zero-order valence-electron chi connectivity index (χ0n) is 22.6. The van der Waals surface area contributed by atoms with Crippen molar-refractivity contribution in [3.63, 3.8) is 0 Å². The van der Waals surface area contributed by atoms with Crippen LogP contribution < -0.4 is 10.6 Å². The number of phosphoric ester groups is 1. The number of carbonyl (C=O) groups excluding carboxylic acids is 1. The number of hydrogen-bond donors (Lipinski definition) is 3. The normalized spacial score (nSPS) is 18.2. The fourth-order valence-corrected chi connectivity index (χ4v) is 3.82. The van der Waals surface area contributed by atoms with E-state index < -0.39 is 32.1 Å². The van der Waals surface area contributed by atoms with E-state index in [1.54, 1.807) is 6.92 Å². The summed E-state index contributed by atoms with van der Waals surface area (Å²) in [6.07, 6.45) is -1.22. The van der Waals surface area contributed by atoms with Crippen molar-refractivity contribution in [2.75, 3.05) is 27.9 Å². The maximum absolute atomic E-state index is 12.2. The van der Waals surface area contributed by atoms with Crippen molar-refractivity contribution in [1.29, 1.82) is 0 Å². The van der Waals surface area contributed by atoms with Crippen molar-refractivity contribution in [3.05, 3.63) is 0 Å². The van der Waals surface area contributed by atoms with Crippen molar-refractivity contribution in [2.24, 2.45) is 5.92 Å². The van der Waals surface area contributed by atoms with E-state index >= 15 is 0 Å². The maximum atomic E-state index is 12.2. The van der Waals surface area contributed by atoms with Crippen molar-refractivity contribution in [1.82, 2.24) is 10.6 Å². The Labute approximate surface area is 241 Å². The summed E-state index contributed by atoms with van der Waals surface area (Å²) in [4.78, 5) is 22.0. The van der Waals surface area contributed by atoms with Crippen LogP contribution >= 0.6 is 7.82 Å². The van der Waals surface area contributed by atoms with Crippen LogP contribution in [0.3, 0.4) is 0 Å². The van der Waals surface area contributed by atoms with Crippen LogP contribution in [-0.2, 0) is 23.1 Å². The highest BCUT2D eigenvalue weighted by Gasteiger charge is 2.48. The van der Waals surface area contributed by atoms with Gasteiger partial charge >= 0.3 is 13.9 Å². The molecule has 1 aliphatic rings. The molecular weight excluding hydrogens is 543 g/mol. The summed E-state index contributed by atoms with van der Waals surface area (Å²) in [5.41, 5.74) is 0. The topological polar surface area (TPSA) is 115 Å². The Morgan fingerprint density at radius 3 is 1.66 bits per heavy atom. The van der Waals surface area contributed by atoms with Crippen molar-refractivity contribution in [3.8, 4) is 119 Å². The van der Waals surface area contributed by atoms with E-state index in [1.807, 2.05) is 0 Å². The number of urea groups is 1. The highest BCUT2D eigenvalue weighted by Crippen LogP contribution is 2.48. The summed E-state index contributed by atoms with van der Waals surface area (Å²) in [5.74, 6) is 47.0. The summed E-state index contributed by atoms with van der Waals surface area (Å²) < 4.78 is 32.3. The minimum Gasteiger partial charge on any atom is -0.384 e. The van der Waals surface area contributed by atoms with E-state index in [1.165, 1.54) is 14.2 Å². The van der Waals surface area contributed by atoms with E-state index in [0.29, 0.717) is 6.42 Å². The Balaban J connectivity index is 2.57. The van der Waals surface area contributed by atoms with Gasteiger partial charge in [-0.25, -0.2) is 9.36 Å². The first-order chi connectivity index (χ1) is 19.9. The number of nitrogens with one attached hydrogen (secondary N) is 2. The first-order valence-corrected chi connectivity index (χ1v) is 12.9. The maximum Gasteiger partial charge on any atom is 0.472 e. The molecule has 0 aliphatic heterocycles. The van der Waals surface area contributed by atoms with E-state index in [-0.39, 0.29) is 12.5 Å². The molecule has 0 aromatic rings. The Bertz CT molecular complexity index is 1650. The largest absolute Gasteiger partial charge is 0.472 e. The van der Waals surface area contributed by atoms with Gasteiger partial charge in [0.2, 0.25) is 0 Å². The fraction of sp³-hybridized carbons (Fsp3) is 0.323. The predicted molar refractivity (Wildman–Crippen MR) is 151 cm³/mol. The number of rotatable bonds is 7. The molecule has 5 atom stereocenters. The van der Waals surface area contributed by atoms with Crippen LogP contribution in [0, 0.1) is 124 Å². The molecule has 0 aromatic heterocycles. The van der Waals surface area contributed by atoms with Gasteiger partial charge in [-0.3, -0.25) is 14.4 Å². The third-order valence-electron chi connectivity index (χ3n) is 4.62. The van der Waals surface area contributed by atoms with Gasteiger partial charge in [-0.1, -0.05) is 5.92 Å². The van der Waals surface area contributed by atoms with Crippen LogP contribution in [0.1, 0.15) is 13.3 Å². The second kappa shape index (κ2) is 20.8. The second-order valence-corrected chi connectivity index (χ2v) is 8.72. The Kier molecular flexibility index (Phi) is 17.2. The highest BCUT2D eigenvalue weighted by molar-refractivity contribution is 7.47. The van der Waals surface area contributed by atoms with Crippen LogP contribution in [0.25, 0.3) is 0 Å². The molecule has 3 N–H and O–H groups in total. The van der Waals surface area contributed by atoms with Crippen LogP contribution in [0.2, 0.25) is 0 Å². The smallest absolute Gasteiger partial charge is 0.384 e. The van der Waals surface area contributed by atoms with E-state index in [4.69, 9.17) is 14.0 Å². The van der Waals surface area contributed by atoms with Gasteiger partial charge in [-0.05, 0) is 60.7 Å². The molecule has 41 heavy (non-hydrogen) atoms. The number of ether oxygens (including phenoxy) is 2. The molecule has 1 fully saturated rings. The molecule has 9 nitrogen and oxygen atoms in total. The minimum atomic E-state index is -4.29. The molecule has 0 radical (unpaired) electrons. The molecule has 0 aromatic carbocycles. The van der Waals surface area contributed by atoms with Crippen molar-refractivity contribution in [2.45, 2.75) is 31.6 Å². The lowest BCUT2D eigenvalue weighted by Crippen LogP contribution is -2.47. The van der Waals surface area contributed by atoms with Gasteiger partial charge < -0.3 is 19.7 Å². The average molecular weight is 567 g/mol. The first kappa shape index (κ1) is 33.9. The lowest BCUT2D eigenvalue weighted by Gasteiger charge is -2.26. The zero-order chi connectivity index (χ0) is 30.2. The molecule has 0 saturated heterocycles. The van der Waals surface area contributed by atoms with Crippen molar-refractivity contribution >= 4 is 13.9 Å². The zero-order valence-corrected chi connectivity index (χ0v) is 23.5. The van der Waals surface area contributed by atoms with Crippen LogP contribution in [0.4, 0.5) is 4.79 Å². The molecular formula is C31H23N2O7P. The van der Waals surface area contributed by atoms with Gasteiger partial charge in [-0.15, -0.1) is 0 Å². The standard InChI is InChI=1S/C31H23N2O7P/c1-5-6-7-8-9-10-11-12-13-14-15-16-17-18-19-20-21-22-23-24-32-31(34)33-28-25-27(26-37-2)29(30(28)38-3)40-41(35,36)39-4/h27-30H,25-26H2,1-4H3,(H,35,36)(H2,32,33,34)/t27-,28+,29?,30-/m1/s1. The van der Waals surface area contributed by atoms with Gasteiger partial charge in [0.1, 0.15) is 12.2 Å². The van der Waals surface area contributed by atoms with E-state index in [2.05, 4.69) is 134 Å². The Morgan fingerprint density at radius 2 is 1.24 bits per heavy atom. The number of methoxy groups -OCH3 is 2. The molecule has 1 rings (SSSR count). The van der Waals surface area contributed by atoms with Gasteiger partial charge in [0.05, 0.1) is 12.6 Å². The SMILES string of the molecule is CC#CC#CC#CC#CC#CC#CC#CC#CC#CC#CNC(=O)N[C@H]1C[C@H](COC)C(OP(=O)(O)OC)[C@@H]1OC. The summed E-state index contributed by atoms with van der Waals surface area (Å²) in [6, 6.07) is 1.21. The highest BCUT2D eigenvalue weighted by atomic mass is 31.2.